The SMILES string of the molecule is O=C(C[C@@H]1CCC[C@H](Cc2cncc(Cl)n2)C1)N1CCCC1. The summed E-state index contributed by atoms with van der Waals surface area (Å²) in [7, 11) is 0. The molecule has 0 unspecified atom stereocenters. The van der Waals surface area contributed by atoms with E-state index in [0.29, 0.717) is 22.9 Å². The van der Waals surface area contributed by atoms with E-state index in [0.717, 1.165) is 38.0 Å². The Labute approximate surface area is 137 Å². The molecule has 0 radical (unpaired) electrons. The van der Waals surface area contributed by atoms with Crippen LogP contribution in [0.1, 0.15) is 50.6 Å². The van der Waals surface area contributed by atoms with Crippen molar-refractivity contribution in [1.29, 1.82) is 0 Å². The van der Waals surface area contributed by atoms with Crippen LogP contribution in [0.15, 0.2) is 12.4 Å². The van der Waals surface area contributed by atoms with E-state index in [9.17, 15) is 4.79 Å². The van der Waals surface area contributed by atoms with E-state index in [1.165, 1.54) is 32.1 Å². The van der Waals surface area contributed by atoms with Crippen molar-refractivity contribution < 1.29 is 4.79 Å². The average molecular weight is 322 g/mol. The molecule has 0 N–H and O–H groups in total. The molecule has 2 fully saturated rings. The predicted molar refractivity (Wildman–Crippen MR) is 86.6 cm³/mol. The molecule has 2 aliphatic rings. The Balaban J connectivity index is 1.51. The lowest BCUT2D eigenvalue weighted by Crippen LogP contribution is -2.30. The zero-order valence-electron chi connectivity index (χ0n) is 13.0. The van der Waals surface area contributed by atoms with Gasteiger partial charge < -0.3 is 4.90 Å². The first-order chi connectivity index (χ1) is 10.7. The number of hydrogen-bond donors (Lipinski definition) is 0. The van der Waals surface area contributed by atoms with Crippen LogP contribution in [0.25, 0.3) is 0 Å². The Morgan fingerprint density at radius 3 is 2.73 bits per heavy atom. The highest BCUT2D eigenvalue weighted by Crippen LogP contribution is 2.33. The summed E-state index contributed by atoms with van der Waals surface area (Å²) in [5.41, 5.74) is 0.976. The van der Waals surface area contributed by atoms with Crippen molar-refractivity contribution in [2.45, 2.75) is 51.4 Å². The van der Waals surface area contributed by atoms with Gasteiger partial charge in [0.1, 0.15) is 5.15 Å². The minimum Gasteiger partial charge on any atom is -0.343 e. The molecule has 1 aliphatic carbocycles. The maximum atomic E-state index is 12.3. The Bertz CT molecular complexity index is 516. The maximum absolute atomic E-state index is 12.3. The Hall–Kier alpha value is -1.16. The fourth-order valence-electron chi connectivity index (χ4n) is 3.89. The summed E-state index contributed by atoms with van der Waals surface area (Å²) >= 11 is 5.91. The van der Waals surface area contributed by atoms with Gasteiger partial charge in [0.25, 0.3) is 0 Å². The van der Waals surface area contributed by atoms with Crippen LogP contribution in [0.4, 0.5) is 0 Å². The predicted octanol–water partition coefficient (Wildman–Crippen LogP) is 3.49. The summed E-state index contributed by atoms with van der Waals surface area (Å²) in [6.07, 6.45) is 12.2. The molecule has 1 saturated carbocycles. The standard InChI is InChI=1S/C17H24ClN3O/c18-16-12-19-11-15(20-16)9-13-4-3-5-14(8-13)10-17(22)21-6-1-2-7-21/h11-14H,1-10H2/t13-,14+/m0/s1. The first kappa shape index (κ1) is 15.7. The van der Waals surface area contributed by atoms with Gasteiger partial charge in [-0.05, 0) is 43.9 Å². The number of rotatable bonds is 4. The minimum atomic E-state index is 0.366. The van der Waals surface area contributed by atoms with Crippen LogP contribution in [-0.2, 0) is 11.2 Å². The van der Waals surface area contributed by atoms with Crippen molar-refractivity contribution in [2.75, 3.05) is 13.1 Å². The van der Waals surface area contributed by atoms with Gasteiger partial charge in [0.15, 0.2) is 0 Å². The van der Waals surface area contributed by atoms with Crippen LogP contribution < -0.4 is 0 Å². The highest BCUT2D eigenvalue weighted by Gasteiger charge is 2.27. The van der Waals surface area contributed by atoms with Crippen LogP contribution in [0.3, 0.4) is 0 Å². The zero-order chi connectivity index (χ0) is 15.4. The molecule has 3 rings (SSSR count). The second-order valence-electron chi connectivity index (χ2n) is 6.73. The Kier molecular flexibility index (Phi) is 5.29. The van der Waals surface area contributed by atoms with E-state index in [1.54, 1.807) is 6.20 Å². The van der Waals surface area contributed by atoms with E-state index in [-0.39, 0.29) is 0 Å². The molecule has 0 aromatic carbocycles. The van der Waals surface area contributed by atoms with E-state index in [2.05, 4.69) is 9.97 Å². The monoisotopic (exact) mass is 321 g/mol. The van der Waals surface area contributed by atoms with Gasteiger partial charge in [0.05, 0.1) is 11.9 Å². The van der Waals surface area contributed by atoms with Crippen molar-refractivity contribution in [1.82, 2.24) is 14.9 Å². The molecular formula is C17H24ClN3O. The smallest absolute Gasteiger partial charge is 0.222 e. The van der Waals surface area contributed by atoms with Gasteiger partial charge in [0, 0.05) is 25.7 Å². The van der Waals surface area contributed by atoms with Crippen LogP contribution in [-0.4, -0.2) is 33.9 Å². The lowest BCUT2D eigenvalue weighted by Gasteiger charge is -2.29. The van der Waals surface area contributed by atoms with Crippen molar-refractivity contribution in [3.8, 4) is 0 Å². The third-order valence-corrected chi connectivity index (χ3v) is 5.15. The number of nitrogens with zero attached hydrogens (tertiary/aromatic N) is 3. The molecule has 120 valence electrons. The summed E-state index contributed by atoms with van der Waals surface area (Å²) in [6.45, 7) is 1.93. The second kappa shape index (κ2) is 7.40. The average Bonchev–Trinajstić information content (AvgIpc) is 3.02. The molecule has 1 aromatic rings. The van der Waals surface area contributed by atoms with Crippen LogP contribution in [0.5, 0.6) is 0 Å². The van der Waals surface area contributed by atoms with Gasteiger partial charge in [-0.3, -0.25) is 9.78 Å². The van der Waals surface area contributed by atoms with Gasteiger partial charge in [-0.1, -0.05) is 24.4 Å². The van der Waals surface area contributed by atoms with Gasteiger partial charge >= 0.3 is 0 Å². The topological polar surface area (TPSA) is 46.1 Å². The third kappa shape index (κ3) is 4.19. The van der Waals surface area contributed by atoms with Crippen molar-refractivity contribution in [3.05, 3.63) is 23.2 Å². The summed E-state index contributed by atoms with van der Waals surface area (Å²) in [5.74, 6) is 1.52. The highest BCUT2D eigenvalue weighted by molar-refractivity contribution is 6.29. The van der Waals surface area contributed by atoms with Crippen LogP contribution in [0.2, 0.25) is 5.15 Å². The van der Waals surface area contributed by atoms with E-state index in [4.69, 9.17) is 11.6 Å². The van der Waals surface area contributed by atoms with Crippen LogP contribution >= 0.6 is 11.6 Å². The van der Waals surface area contributed by atoms with Crippen LogP contribution in [0, 0.1) is 11.8 Å². The third-order valence-electron chi connectivity index (χ3n) is 4.97. The molecular weight excluding hydrogens is 298 g/mol. The molecule has 1 aromatic heterocycles. The van der Waals surface area contributed by atoms with Crippen molar-refractivity contribution >= 4 is 17.5 Å². The lowest BCUT2D eigenvalue weighted by atomic mass is 9.78. The summed E-state index contributed by atoms with van der Waals surface area (Å²) in [6, 6.07) is 0. The molecule has 0 spiro atoms. The number of carbonyl (C=O) groups is 1. The van der Waals surface area contributed by atoms with E-state index in [1.807, 2.05) is 11.1 Å². The molecule has 2 atom stereocenters. The fourth-order valence-corrected chi connectivity index (χ4v) is 4.05. The molecule has 1 saturated heterocycles. The second-order valence-corrected chi connectivity index (χ2v) is 7.12. The number of likely N-dealkylation sites (tertiary alicyclic amines) is 1. The first-order valence-electron chi connectivity index (χ1n) is 8.45. The van der Waals surface area contributed by atoms with E-state index < -0.39 is 0 Å². The Morgan fingerprint density at radius 2 is 1.95 bits per heavy atom. The number of hydrogen-bond acceptors (Lipinski definition) is 3. The fraction of sp³-hybridized carbons (Fsp3) is 0.706. The normalized spacial score (nSPS) is 25.4. The lowest BCUT2D eigenvalue weighted by molar-refractivity contribution is -0.131. The van der Waals surface area contributed by atoms with Gasteiger partial charge in [-0.2, -0.15) is 0 Å². The molecule has 0 bridgehead atoms. The summed E-state index contributed by atoms with van der Waals surface area (Å²) in [5, 5.41) is 0.467. The van der Waals surface area contributed by atoms with Gasteiger partial charge in [-0.15, -0.1) is 0 Å². The first-order valence-corrected chi connectivity index (χ1v) is 8.82. The number of carbonyl (C=O) groups excluding carboxylic acids is 1. The number of amides is 1. The molecule has 1 amide bonds. The number of halogens is 1. The molecule has 22 heavy (non-hydrogen) atoms. The highest BCUT2D eigenvalue weighted by atomic mass is 35.5. The minimum absolute atomic E-state index is 0.366. The molecule has 4 nitrogen and oxygen atoms in total. The Morgan fingerprint density at radius 1 is 1.18 bits per heavy atom. The van der Waals surface area contributed by atoms with Gasteiger partial charge in [-0.25, -0.2) is 4.98 Å². The zero-order valence-corrected chi connectivity index (χ0v) is 13.8. The van der Waals surface area contributed by atoms with Gasteiger partial charge in [0.2, 0.25) is 5.91 Å². The van der Waals surface area contributed by atoms with Crippen molar-refractivity contribution in [2.24, 2.45) is 11.8 Å². The van der Waals surface area contributed by atoms with E-state index >= 15 is 0 Å². The molecule has 1 aliphatic heterocycles. The molecule has 5 heteroatoms. The summed E-state index contributed by atoms with van der Waals surface area (Å²) < 4.78 is 0. The molecule has 2 heterocycles. The maximum Gasteiger partial charge on any atom is 0.222 e. The summed E-state index contributed by atoms with van der Waals surface area (Å²) in [4.78, 5) is 22.8. The van der Waals surface area contributed by atoms with Crippen molar-refractivity contribution in [3.63, 3.8) is 0 Å². The largest absolute Gasteiger partial charge is 0.343 e. The quantitative estimate of drug-likeness (QED) is 0.852. The number of aromatic nitrogens is 2.